The van der Waals surface area contributed by atoms with E-state index in [1.807, 2.05) is 24.3 Å². The van der Waals surface area contributed by atoms with Gasteiger partial charge in [0.05, 0.1) is 4.92 Å². The van der Waals surface area contributed by atoms with E-state index in [2.05, 4.69) is 12.1 Å². The minimum atomic E-state index is -0.350. The predicted octanol–water partition coefficient (Wildman–Crippen LogP) is 3.78. The predicted molar refractivity (Wildman–Crippen MR) is 86.5 cm³/mol. The molecule has 0 spiro atoms. The Kier molecular flexibility index (Phi) is 5.78. The number of thioether (sulfide) groups is 1. The van der Waals surface area contributed by atoms with Gasteiger partial charge in [-0.15, -0.1) is 11.8 Å². The van der Waals surface area contributed by atoms with Crippen molar-refractivity contribution in [2.24, 2.45) is 5.73 Å². The lowest BCUT2D eigenvalue weighted by Gasteiger charge is -2.09. The summed E-state index contributed by atoms with van der Waals surface area (Å²) in [5, 5.41) is 10.9. The molecule has 2 aromatic rings. The standard InChI is InChI=1S/C16H18N2O2S/c17-10-4-7-14-11-15(18(19)20)8-9-16(14)21-12-13-5-2-1-3-6-13/h1-3,5-6,8-9,11H,4,7,10,12,17H2. The van der Waals surface area contributed by atoms with Crippen molar-refractivity contribution in [3.8, 4) is 0 Å². The summed E-state index contributed by atoms with van der Waals surface area (Å²) < 4.78 is 0. The van der Waals surface area contributed by atoms with Crippen LogP contribution >= 0.6 is 11.8 Å². The number of rotatable bonds is 7. The van der Waals surface area contributed by atoms with Gasteiger partial charge in [0, 0.05) is 22.8 Å². The maximum absolute atomic E-state index is 10.9. The lowest BCUT2D eigenvalue weighted by molar-refractivity contribution is -0.385. The van der Waals surface area contributed by atoms with Gasteiger partial charge in [0.15, 0.2) is 0 Å². The smallest absolute Gasteiger partial charge is 0.269 e. The number of aryl methyl sites for hydroxylation is 1. The van der Waals surface area contributed by atoms with Crippen LogP contribution in [0.2, 0.25) is 0 Å². The first-order valence-corrected chi connectivity index (χ1v) is 7.83. The third-order valence-electron chi connectivity index (χ3n) is 3.14. The fraction of sp³-hybridized carbons (Fsp3) is 0.250. The summed E-state index contributed by atoms with van der Waals surface area (Å²) in [5.74, 6) is 0.855. The van der Waals surface area contributed by atoms with Crippen LogP contribution in [0.5, 0.6) is 0 Å². The van der Waals surface area contributed by atoms with Crippen LogP contribution in [0.3, 0.4) is 0 Å². The number of nitro groups is 1. The Morgan fingerprint density at radius 2 is 1.90 bits per heavy atom. The molecule has 0 aliphatic carbocycles. The van der Waals surface area contributed by atoms with E-state index in [1.54, 1.807) is 23.9 Å². The number of hydrogen-bond acceptors (Lipinski definition) is 4. The first-order valence-electron chi connectivity index (χ1n) is 6.85. The van der Waals surface area contributed by atoms with Gasteiger partial charge >= 0.3 is 0 Å². The van der Waals surface area contributed by atoms with Gasteiger partial charge in [-0.2, -0.15) is 0 Å². The summed E-state index contributed by atoms with van der Waals surface area (Å²) in [5.41, 5.74) is 7.94. The van der Waals surface area contributed by atoms with Crippen LogP contribution in [-0.2, 0) is 12.2 Å². The Balaban J connectivity index is 2.14. The minimum Gasteiger partial charge on any atom is -0.330 e. The molecule has 5 heteroatoms. The van der Waals surface area contributed by atoms with Crippen molar-refractivity contribution in [3.63, 3.8) is 0 Å². The third-order valence-corrected chi connectivity index (χ3v) is 4.33. The molecule has 21 heavy (non-hydrogen) atoms. The second kappa shape index (κ2) is 7.81. The Labute approximate surface area is 128 Å². The van der Waals surface area contributed by atoms with Gasteiger partial charge in [0.25, 0.3) is 5.69 Å². The van der Waals surface area contributed by atoms with Crippen molar-refractivity contribution in [3.05, 3.63) is 69.8 Å². The Morgan fingerprint density at radius 1 is 1.14 bits per heavy atom. The maximum atomic E-state index is 10.9. The van der Waals surface area contributed by atoms with Crippen molar-refractivity contribution >= 4 is 17.4 Å². The van der Waals surface area contributed by atoms with Crippen molar-refractivity contribution in [2.45, 2.75) is 23.5 Å². The summed E-state index contributed by atoms with van der Waals surface area (Å²) in [6, 6.07) is 15.3. The molecule has 2 N–H and O–H groups in total. The molecular weight excluding hydrogens is 284 g/mol. The number of benzene rings is 2. The molecule has 2 aromatic carbocycles. The first-order chi connectivity index (χ1) is 10.2. The van der Waals surface area contributed by atoms with Crippen LogP contribution in [0.4, 0.5) is 5.69 Å². The van der Waals surface area contributed by atoms with E-state index in [1.165, 1.54) is 5.56 Å². The van der Waals surface area contributed by atoms with E-state index in [0.29, 0.717) is 6.54 Å². The Hall–Kier alpha value is -1.85. The second-order valence-corrected chi connectivity index (χ2v) is 5.73. The quantitative estimate of drug-likeness (QED) is 0.480. The van der Waals surface area contributed by atoms with E-state index in [4.69, 9.17) is 5.73 Å². The van der Waals surface area contributed by atoms with E-state index in [-0.39, 0.29) is 10.6 Å². The topological polar surface area (TPSA) is 69.2 Å². The number of nitro benzene ring substituents is 1. The van der Waals surface area contributed by atoms with Crippen LogP contribution in [0, 0.1) is 10.1 Å². The van der Waals surface area contributed by atoms with Crippen molar-refractivity contribution in [2.75, 3.05) is 6.54 Å². The molecule has 2 rings (SSSR count). The highest BCUT2D eigenvalue weighted by molar-refractivity contribution is 7.98. The summed E-state index contributed by atoms with van der Waals surface area (Å²) in [6.07, 6.45) is 1.61. The average molecular weight is 302 g/mol. The van der Waals surface area contributed by atoms with E-state index < -0.39 is 0 Å². The number of nitrogens with zero attached hydrogens (tertiary/aromatic N) is 1. The summed E-state index contributed by atoms with van der Waals surface area (Å²) in [7, 11) is 0. The first kappa shape index (κ1) is 15.5. The SMILES string of the molecule is NCCCc1cc([N+](=O)[O-])ccc1SCc1ccccc1. The number of hydrogen-bond donors (Lipinski definition) is 1. The van der Waals surface area contributed by atoms with Crippen LogP contribution in [0.25, 0.3) is 0 Å². The molecule has 0 aliphatic rings. The molecule has 0 radical (unpaired) electrons. The lowest BCUT2D eigenvalue weighted by atomic mass is 10.1. The largest absolute Gasteiger partial charge is 0.330 e. The summed E-state index contributed by atoms with van der Waals surface area (Å²) in [6.45, 7) is 0.589. The van der Waals surface area contributed by atoms with E-state index in [9.17, 15) is 10.1 Å². The summed E-state index contributed by atoms with van der Waals surface area (Å²) in [4.78, 5) is 11.6. The normalized spacial score (nSPS) is 10.5. The van der Waals surface area contributed by atoms with Gasteiger partial charge in [-0.1, -0.05) is 30.3 Å². The van der Waals surface area contributed by atoms with Crippen molar-refractivity contribution in [1.29, 1.82) is 0 Å². The fourth-order valence-electron chi connectivity index (χ4n) is 2.04. The van der Waals surface area contributed by atoms with Crippen molar-refractivity contribution in [1.82, 2.24) is 0 Å². The third kappa shape index (κ3) is 4.58. The molecule has 0 bridgehead atoms. The molecule has 0 heterocycles. The van der Waals surface area contributed by atoms with Crippen LogP contribution in [0.15, 0.2) is 53.4 Å². The lowest BCUT2D eigenvalue weighted by Crippen LogP contribution is -2.02. The molecule has 0 aliphatic heterocycles. The minimum absolute atomic E-state index is 0.145. The van der Waals surface area contributed by atoms with Gasteiger partial charge in [-0.25, -0.2) is 0 Å². The maximum Gasteiger partial charge on any atom is 0.269 e. The molecule has 0 saturated heterocycles. The second-order valence-electron chi connectivity index (χ2n) is 4.72. The zero-order chi connectivity index (χ0) is 15.1. The van der Waals surface area contributed by atoms with Gasteiger partial charge in [-0.05, 0) is 36.6 Å². The molecule has 0 saturated carbocycles. The molecule has 0 fully saturated rings. The van der Waals surface area contributed by atoms with Crippen LogP contribution < -0.4 is 5.73 Å². The molecule has 110 valence electrons. The van der Waals surface area contributed by atoms with Gasteiger partial charge in [-0.3, -0.25) is 10.1 Å². The Bertz CT molecular complexity index is 602. The van der Waals surface area contributed by atoms with Gasteiger partial charge < -0.3 is 5.73 Å². The zero-order valence-corrected chi connectivity index (χ0v) is 12.5. The molecule has 0 unspecified atom stereocenters. The van der Waals surface area contributed by atoms with E-state index in [0.717, 1.165) is 29.1 Å². The summed E-state index contributed by atoms with van der Waals surface area (Å²) >= 11 is 1.71. The highest BCUT2D eigenvalue weighted by Crippen LogP contribution is 2.30. The fourth-order valence-corrected chi connectivity index (χ4v) is 3.07. The number of non-ortho nitro benzene ring substituents is 1. The highest BCUT2D eigenvalue weighted by Gasteiger charge is 2.11. The average Bonchev–Trinajstić information content (AvgIpc) is 2.52. The van der Waals surface area contributed by atoms with Crippen LogP contribution in [-0.4, -0.2) is 11.5 Å². The molecule has 4 nitrogen and oxygen atoms in total. The van der Waals surface area contributed by atoms with Crippen molar-refractivity contribution < 1.29 is 4.92 Å². The van der Waals surface area contributed by atoms with Crippen LogP contribution in [0.1, 0.15) is 17.5 Å². The molecular formula is C16H18N2O2S. The monoisotopic (exact) mass is 302 g/mol. The van der Waals surface area contributed by atoms with Gasteiger partial charge in [0.2, 0.25) is 0 Å². The Morgan fingerprint density at radius 3 is 2.57 bits per heavy atom. The highest BCUT2D eigenvalue weighted by atomic mass is 32.2. The molecule has 0 amide bonds. The molecule has 0 atom stereocenters. The van der Waals surface area contributed by atoms with Gasteiger partial charge in [0.1, 0.15) is 0 Å². The number of nitrogens with two attached hydrogens (primary N) is 1. The van der Waals surface area contributed by atoms with E-state index >= 15 is 0 Å². The zero-order valence-electron chi connectivity index (χ0n) is 11.7. The molecule has 0 aromatic heterocycles.